The highest BCUT2D eigenvalue weighted by Crippen LogP contribution is 2.46. The Morgan fingerprint density at radius 2 is 1.93 bits per heavy atom. The van der Waals surface area contributed by atoms with E-state index >= 15 is 0 Å². The predicted octanol–water partition coefficient (Wildman–Crippen LogP) is 1.91. The first-order chi connectivity index (χ1) is 20.2. The summed E-state index contributed by atoms with van der Waals surface area (Å²) >= 11 is 0. The zero-order valence-corrected chi connectivity index (χ0v) is 24.2. The summed E-state index contributed by atoms with van der Waals surface area (Å²) in [6.45, 7) is 0.133. The van der Waals surface area contributed by atoms with Gasteiger partial charge in [-0.2, -0.15) is 0 Å². The second-order valence-corrected chi connectivity index (χ2v) is 13.9. The predicted molar refractivity (Wildman–Crippen MR) is 156 cm³/mol. The maximum atomic E-state index is 13.9. The number of aromatic nitrogens is 1. The van der Waals surface area contributed by atoms with Crippen LogP contribution in [-0.2, 0) is 24.4 Å². The molecule has 0 radical (unpaired) electrons. The number of sulfonamides is 1. The molecule has 2 aliphatic carbocycles. The number of nitrogens with one attached hydrogen (secondary N) is 2. The molecule has 3 amide bonds. The Kier molecular flexibility index (Phi) is 7.69. The van der Waals surface area contributed by atoms with Gasteiger partial charge in [0.15, 0.2) is 0 Å². The Bertz CT molecular complexity index is 1520. The second-order valence-electron chi connectivity index (χ2n) is 11.9. The number of nitrogens with two attached hydrogens (primary N) is 1. The second kappa shape index (κ2) is 11.3. The molecule has 1 aromatic carbocycles. The molecule has 3 heterocycles. The number of allylic oxidation sites excluding steroid dienone is 1. The first-order valence-electron chi connectivity index (χ1n) is 14.8. The van der Waals surface area contributed by atoms with Gasteiger partial charge in [0, 0.05) is 23.9 Å². The molecule has 5 atom stereocenters. The number of benzene rings is 1. The molecular formula is C30H37N5O6S. The molecule has 4 aliphatic rings. The third-order valence-corrected chi connectivity index (χ3v) is 10.6. The van der Waals surface area contributed by atoms with E-state index in [0.29, 0.717) is 25.1 Å². The van der Waals surface area contributed by atoms with Gasteiger partial charge in [0.25, 0.3) is 5.91 Å². The minimum Gasteiger partial charge on any atom is -0.472 e. The number of fused-ring (bicyclic) bond motifs is 3. The number of amides is 3. The van der Waals surface area contributed by atoms with Crippen LogP contribution in [-0.4, -0.2) is 71.5 Å². The zero-order chi connectivity index (χ0) is 29.5. The van der Waals surface area contributed by atoms with Crippen LogP contribution in [0.4, 0.5) is 0 Å². The lowest BCUT2D eigenvalue weighted by Crippen LogP contribution is -2.57. The first-order valence-corrected chi connectivity index (χ1v) is 16.3. The summed E-state index contributed by atoms with van der Waals surface area (Å²) < 4.78 is 33.7. The van der Waals surface area contributed by atoms with Crippen molar-refractivity contribution in [2.45, 2.75) is 86.8 Å². The number of hydrogen-bond donors (Lipinski definition) is 3. The fourth-order valence-electron chi connectivity index (χ4n) is 6.09. The van der Waals surface area contributed by atoms with E-state index in [4.69, 9.17) is 10.5 Å². The molecule has 11 nitrogen and oxygen atoms in total. The molecule has 6 rings (SSSR count). The summed E-state index contributed by atoms with van der Waals surface area (Å²) in [5.41, 5.74) is 4.93. The van der Waals surface area contributed by atoms with Crippen molar-refractivity contribution >= 4 is 38.5 Å². The van der Waals surface area contributed by atoms with Crippen LogP contribution in [0, 0.1) is 5.92 Å². The van der Waals surface area contributed by atoms with Gasteiger partial charge in [-0.05, 0) is 56.0 Å². The molecule has 1 saturated heterocycles. The van der Waals surface area contributed by atoms with Crippen LogP contribution in [0.1, 0.15) is 57.8 Å². The van der Waals surface area contributed by atoms with Crippen LogP contribution < -0.4 is 20.5 Å². The van der Waals surface area contributed by atoms with Gasteiger partial charge in [0.05, 0.1) is 17.8 Å². The monoisotopic (exact) mass is 595 g/mol. The normalized spacial score (nSPS) is 31.2. The number of hydrogen-bond acceptors (Lipinski definition) is 8. The summed E-state index contributed by atoms with van der Waals surface area (Å²) in [4.78, 5) is 46.7. The Balaban J connectivity index is 1.27. The van der Waals surface area contributed by atoms with Crippen LogP contribution >= 0.6 is 0 Å². The van der Waals surface area contributed by atoms with E-state index < -0.39 is 50.8 Å². The highest BCUT2D eigenvalue weighted by atomic mass is 32.2. The molecule has 2 aliphatic heterocycles. The molecule has 4 N–H and O–H groups in total. The lowest BCUT2D eigenvalue weighted by molar-refractivity contribution is -0.140. The van der Waals surface area contributed by atoms with Gasteiger partial charge in [-0.15, -0.1) is 0 Å². The molecule has 42 heavy (non-hydrogen) atoms. The highest BCUT2D eigenvalue weighted by Gasteiger charge is 2.62. The Morgan fingerprint density at radius 3 is 2.74 bits per heavy atom. The smallest absolute Gasteiger partial charge is 0.259 e. The summed E-state index contributed by atoms with van der Waals surface area (Å²) in [7, 11) is -3.81. The van der Waals surface area contributed by atoms with E-state index in [9.17, 15) is 22.8 Å². The lowest BCUT2D eigenvalue weighted by atomic mass is 10.1. The van der Waals surface area contributed by atoms with Crippen molar-refractivity contribution in [1.29, 1.82) is 0 Å². The average molecular weight is 596 g/mol. The van der Waals surface area contributed by atoms with Gasteiger partial charge in [-0.1, -0.05) is 43.2 Å². The SMILES string of the molecule is N[C@H]1CCCCC/C=C\[C@@H]2C[C@@]2(C(=O)NS(=O)(=O)C2CC2)NC(=O)[C@@H]2C[C@@H](Oc3nccc4ccccc34)CN2C1=O. The fourth-order valence-corrected chi connectivity index (χ4v) is 7.45. The van der Waals surface area contributed by atoms with Crippen molar-refractivity contribution < 1.29 is 27.5 Å². The molecule has 2 saturated carbocycles. The quantitative estimate of drug-likeness (QED) is 0.442. The van der Waals surface area contributed by atoms with Gasteiger partial charge in [-0.3, -0.25) is 19.1 Å². The molecule has 224 valence electrons. The number of carbonyl (C=O) groups excluding carboxylic acids is 3. The van der Waals surface area contributed by atoms with Crippen molar-refractivity contribution in [1.82, 2.24) is 19.9 Å². The Labute approximate surface area is 245 Å². The molecule has 0 spiro atoms. The largest absolute Gasteiger partial charge is 0.472 e. The van der Waals surface area contributed by atoms with E-state index in [1.807, 2.05) is 42.5 Å². The van der Waals surface area contributed by atoms with Crippen LogP contribution in [0.25, 0.3) is 10.8 Å². The number of nitrogens with zero attached hydrogens (tertiary/aromatic N) is 2. The van der Waals surface area contributed by atoms with E-state index in [1.165, 1.54) is 4.90 Å². The Morgan fingerprint density at radius 1 is 1.12 bits per heavy atom. The topological polar surface area (TPSA) is 161 Å². The van der Waals surface area contributed by atoms with Crippen molar-refractivity contribution in [3.05, 3.63) is 48.7 Å². The van der Waals surface area contributed by atoms with E-state index in [2.05, 4.69) is 15.0 Å². The summed E-state index contributed by atoms with van der Waals surface area (Å²) in [5.74, 6) is -1.55. The van der Waals surface area contributed by atoms with E-state index in [-0.39, 0.29) is 31.2 Å². The van der Waals surface area contributed by atoms with Crippen LogP contribution in [0.3, 0.4) is 0 Å². The van der Waals surface area contributed by atoms with Crippen molar-refractivity contribution in [3.63, 3.8) is 0 Å². The van der Waals surface area contributed by atoms with Gasteiger partial charge >= 0.3 is 0 Å². The average Bonchev–Trinajstić information content (AvgIpc) is 3.89. The van der Waals surface area contributed by atoms with Crippen LogP contribution in [0.15, 0.2) is 48.7 Å². The number of ether oxygens (including phenoxy) is 1. The van der Waals surface area contributed by atoms with Crippen molar-refractivity contribution in [3.8, 4) is 5.88 Å². The minimum absolute atomic E-state index is 0.133. The molecule has 1 aromatic heterocycles. The molecule has 0 unspecified atom stereocenters. The first kappa shape index (κ1) is 28.6. The molecular weight excluding hydrogens is 558 g/mol. The maximum Gasteiger partial charge on any atom is 0.259 e. The number of pyridine rings is 1. The van der Waals surface area contributed by atoms with Gasteiger partial charge < -0.3 is 20.7 Å². The molecule has 12 heteroatoms. The Hall–Kier alpha value is -3.51. The minimum atomic E-state index is -3.81. The standard InChI is InChI=1S/C30H37N5O6S/c31-24-11-5-3-1-2-4-9-20-17-30(20,29(38)34-42(39,40)22-12-13-22)33-26(36)25-16-21(18-35(25)28(24)37)41-27-23-10-7-6-8-19(23)14-15-32-27/h4,6-10,14-15,20-22,24-25H,1-3,5,11-13,16-18,31H2,(H,33,36)(H,34,38)/b9-4-/t20-,21-,24+,25+,30-/m1/s1. The van der Waals surface area contributed by atoms with Gasteiger partial charge in [-0.25, -0.2) is 13.4 Å². The van der Waals surface area contributed by atoms with Crippen LogP contribution in [0.5, 0.6) is 5.88 Å². The molecule has 3 fully saturated rings. The van der Waals surface area contributed by atoms with Gasteiger partial charge in [0.2, 0.25) is 27.7 Å². The van der Waals surface area contributed by atoms with E-state index in [0.717, 1.165) is 36.5 Å². The summed E-state index contributed by atoms with van der Waals surface area (Å²) in [6.07, 6.45) is 10.3. The fraction of sp³-hybridized carbons (Fsp3) is 0.533. The third kappa shape index (κ3) is 5.74. The molecule has 0 bridgehead atoms. The third-order valence-electron chi connectivity index (χ3n) is 8.80. The lowest BCUT2D eigenvalue weighted by Gasteiger charge is -2.28. The highest BCUT2D eigenvalue weighted by molar-refractivity contribution is 7.91. The van der Waals surface area contributed by atoms with E-state index in [1.54, 1.807) is 6.20 Å². The zero-order valence-electron chi connectivity index (χ0n) is 23.4. The van der Waals surface area contributed by atoms with Crippen molar-refractivity contribution in [2.24, 2.45) is 11.7 Å². The maximum absolute atomic E-state index is 13.9. The summed E-state index contributed by atoms with van der Waals surface area (Å²) in [6, 6.07) is 7.83. The number of carbonyl (C=O) groups is 3. The van der Waals surface area contributed by atoms with Crippen molar-refractivity contribution in [2.75, 3.05) is 6.54 Å². The van der Waals surface area contributed by atoms with Crippen LogP contribution in [0.2, 0.25) is 0 Å². The molecule has 2 aromatic rings. The summed E-state index contributed by atoms with van der Waals surface area (Å²) in [5, 5.41) is 4.06. The van der Waals surface area contributed by atoms with Gasteiger partial charge in [0.1, 0.15) is 17.7 Å². The number of rotatable bonds is 5.